The largest absolute Gasteiger partial charge is 0.469 e. The van der Waals surface area contributed by atoms with Crippen molar-refractivity contribution < 1.29 is 13.2 Å². The molecule has 19 heavy (non-hydrogen) atoms. The number of benzene rings is 1. The molecular formula is C15H17F2NO. The minimum Gasteiger partial charge on any atom is -0.469 e. The van der Waals surface area contributed by atoms with Crippen LogP contribution in [0.4, 0.5) is 8.78 Å². The molecule has 1 atom stereocenters. The van der Waals surface area contributed by atoms with Gasteiger partial charge in [-0.05, 0) is 31.7 Å². The van der Waals surface area contributed by atoms with Crippen molar-refractivity contribution in [3.05, 3.63) is 58.5 Å². The van der Waals surface area contributed by atoms with Crippen LogP contribution in [-0.4, -0.2) is 7.05 Å². The molecule has 2 nitrogen and oxygen atoms in total. The van der Waals surface area contributed by atoms with E-state index in [-0.39, 0.29) is 6.04 Å². The summed E-state index contributed by atoms with van der Waals surface area (Å²) >= 11 is 0. The van der Waals surface area contributed by atoms with Gasteiger partial charge in [0.05, 0.1) is 12.3 Å². The predicted octanol–water partition coefficient (Wildman–Crippen LogP) is 3.74. The van der Waals surface area contributed by atoms with Crippen LogP contribution in [0.15, 0.2) is 28.9 Å². The lowest BCUT2D eigenvalue weighted by Crippen LogP contribution is -2.20. The first kappa shape index (κ1) is 13.7. The molecule has 1 unspecified atom stereocenters. The molecule has 0 aliphatic rings. The molecule has 0 saturated carbocycles. The van der Waals surface area contributed by atoms with E-state index in [1.54, 1.807) is 20.2 Å². The Bertz CT molecular complexity index is 578. The smallest absolute Gasteiger partial charge is 0.131 e. The first-order chi connectivity index (χ1) is 9.08. The van der Waals surface area contributed by atoms with Gasteiger partial charge in [0.25, 0.3) is 0 Å². The molecule has 1 aromatic heterocycles. The molecule has 0 aliphatic carbocycles. The third-order valence-corrected chi connectivity index (χ3v) is 3.29. The summed E-state index contributed by atoms with van der Waals surface area (Å²) in [7, 11) is 1.75. The van der Waals surface area contributed by atoms with E-state index in [2.05, 4.69) is 5.32 Å². The van der Waals surface area contributed by atoms with Gasteiger partial charge in [-0.2, -0.15) is 0 Å². The number of rotatable bonds is 4. The number of hydrogen-bond acceptors (Lipinski definition) is 2. The molecule has 0 aliphatic heterocycles. The summed E-state index contributed by atoms with van der Waals surface area (Å²) in [4.78, 5) is 0. The molecule has 1 aromatic carbocycles. The van der Waals surface area contributed by atoms with Crippen LogP contribution in [0.1, 0.15) is 35.4 Å². The van der Waals surface area contributed by atoms with Crippen molar-refractivity contribution >= 4 is 0 Å². The van der Waals surface area contributed by atoms with Crippen LogP contribution in [0.2, 0.25) is 0 Å². The molecule has 0 fully saturated rings. The lowest BCUT2D eigenvalue weighted by atomic mass is 9.96. The van der Waals surface area contributed by atoms with Crippen molar-refractivity contribution in [2.24, 2.45) is 0 Å². The SMILES string of the molecule is CCc1occc1C(NC)c1cc(C)c(F)cc1F. The number of nitrogens with one attached hydrogen (secondary N) is 1. The fourth-order valence-corrected chi connectivity index (χ4v) is 2.27. The summed E-state index contributed by atoms with van der Waals surface area (Å²) in [5.74, 6) is -0.273. The molecule has 1 heterocycles. The summed E-state index contributed by atoms with van der Waals surface area (Å²) in [6.07, 6.45) is 2.31. The molecule has 0 bridgehead atoms. The van der Waals surface area contributed by atoms with Gasteiger partial charge in [0, 0.05) is 23.6 Å². The standard InChI is InChI=1S/C15H17F2NO/c1-4-14-10(5-6-19-14)15(18-3)11-7-9(2)12(16)8-13(11)17/h5-8,15,18H,4H2,1-3H3. The third-order valence-electron chi connectivity index (χ3n) is 3.29. The maximum atomic E-state index is 14.0. The Morgan fingerprint density at radius 1 is 1.21 bits per heavy atom. The molecule has 0 amide bonds. The lowest BCUT2D eigenvalue weighted by Gasteiger charge is -2.18. The Hall–Kier alpha value is -1.68. The molecule has 0 saturated heterocycles. The van der Waals surface area contributed by atoms with Crippen LogP contribution in [0.25, 0.3) is 0 Å². The van der Waals surface area contributed by atoms with Crippen molar-refractivity contribution in [3.63, 3.8) is 0 Å². The second-order valence-corrected chi connectivity index (χ2v) is 4.50. The van der Waals surface area contributed by atoms with Crippen LogP contribution < -0.4 is 5.32 Å². The predicted molar refractivity (Wildman–Crippen MR) is 70.1 cm³/mol. The van der Waals surface area contributed by atoms with Gasteiger partial charge in [0.1, 0.15) is 17.4 Å². The third kappa shape index (κ3) is 2.54. The summed E-state index contributed by atoms with van der Waals surface area (Å²) in [6, 6.07) is 3.95. The summed E-state index contributed by atoms with van der Waals surface area (Å²) in [6.45, 7) is 3.60. The van der Waals surface area contributed by atoms with Gasteiger partial charge in [-0.3, -0.25) is 0 Å². The minimum atomic E-state index is -0.550. The van der Waals surface area contributed by atoms with Crippen LogP contribution in [0.3, 0.4) is 0 Å². The van der Waals surface area contributed by atoms with Gasteiger partial charge in [-0.1, -0.05) is 6.92 Å². The van der Waals surface area contributed by atoms with Crippen LogP contribution in [0.5, 0.6) is 0 Å². The normalized spacial score (nSPS) is 12.7. The fourth-order valence-electron chi connectivity index (χ4n) is 2.27. The maximum absolute atomic E-state index is 14.0. The average Bonchev–Trinajstić information content (AvgIpc) is 2.84. The summed E-state index contributed by atoms with van der Waals surface area (Å²) in [5, 5.41) is 3.06. The Kier molecular flexibility index (Phi) is 4.00. The molecule has 2 aromatic rings. The average molecular weight is 265 g/mol. The Morgan fingerprint density at radius 2 is 1.95 bits per heavy atom. The zero-order chi connectivity index (χ0) is 14.0. The number of halogens is 2. The fraction of sp³-hybridized carbons (Fsp3) is 0.333. The molecule has 4 heteroatoms. The molecule has 0 radical (unpaired) electrons. The van der Waals surface area contributed by atoms with Crippen LogP contribution >= 0.6 is 0 Å². The van der Waals surface area contributed by atoms with E-state index in [0.717, 1.165) is 23.8 Å². The van der Waals surface area contributed by atoms with E-state index in [0.29, 0.717) is 11.1 Å². The second-order valence-electron chi connectivity index (χ2n) is 4.50. The Labute approximate surface area is 111 Å². The van der Waals surface area contributed by atoms with Gasteiger partial charge in [0.2, 0.25) is 0 Å². The Morgan fingerprint density at radius 3 is 2.58 bits per heavy atom. The topological polar surface area (TPSA) is 25.2 Å². The molecule has 0 spiro atoms. The van der Waals surface area contributed by atoms with Crippen LogP contribution in [0, 0.1) is 18.6 Å². The van der Waals surface area contributed by atoms with E-state index in [9.17, 15) is 8.78 Å². The Balaban J connectivity index is 2.51. The van der Waals surface area contributed by atoms with E-state index < -0.39 is 11.6 Å². The van der Waals surface area contributed by atoms with Crippen molar-refractivity contribution in [1.29, 1.82) is 0 Å². The quantitative estimate of drug-likeness (QED) is 0.911. The van der Waals surface area contributed by atoms with E-state index in [1.807, 2.05) is 13.0 Å². The number of hydrogen-bond donors (Lipinski definition) is 1. The van der Waals surface area contributed by atoms with Crippen molar-refractivity contribution in [3.8, 4) is 0 Å². The minimum absolute atomic E-state index is 0.340. The zero-order valence-electron chi connectivity index (χ0n) is 11.3. The van der Waals surface area contributed by atoms with Crippen molar-refractivity contribution in [1.82, 2.24) is 5.32 Å². The van der Waals surface area contributed by atoms with Gasteiger partial charge < -0.3 is 9.73 Å². The first-order valence-corrected chi connectivity index (χ1v) is 6.27. The van der Waals surface area contributed by atoms with E-state index >= 15 is 0 Å². The highest BCUT2D eigenvalue weighted by Crippen LogP contribution is 2.29. The van der Waals surface area contributed by atoms with Gasteiger partial charge >= 0.3 is 0 Å². The van der Waals surface area contributed by atoms with Gasteiger partial charge in [-0.15, -0.1) is 0 Å². The second kappa shape index (κ2) is 5.53. The molecule has 1 N–H and O–H groups in total. The lowest BCUT2D eigenvalue weighted by molar-refractivity contribution is 0.500. The molecule has 102 valence electrons. The van der Waals surface area contributed by atoms with E-state index in [4.69, 9.17) is 4.42 Å². The zero-order valence-corrected chi connectivity index (χ0v) is 11.3. The molecular weight excluding hydrogens is 248 g/mol. The number of furan rings is 1. The highest BCUT2D eigenvalue weighted by Gasteiger charge is 2.21. The highest BCUT2D eigenvalue weighted by molar-refractivity contribution is 5.36. The van der Waals surface area contributed by atoms with Gasteiger partial charge in [0.15, 0.2) is 0 Å². The molecule has 2 rings (SSSR count). The monoisotopic (exact) mass is 265 g/mol. The van der Waals surface area contributed by atoms with Crippen molar-refractivity contribution in [2.75, 3.05) is 7.05 Å². The summed E-state index contributed by atoms with van der Waals surface area (Å²) < 4.78 is 32.7. The first-order valence-electron chi connectivity index (χ1n) is 6.27. The van der Waals surface area contributed by atoms with Crippen molar-refractivity contribution in [2.45, 2.75) is 26.3 Å². The summed E-state index contributed by atoms with van der Waals surface area (Å²) in [5.41, 5.74) is 1.74. The van der Waals surface area contributed by atoms with E-state index in [1.165, 1.54) is 6.07 Å². The highest BCUT2D eigenvalue weighted by atomic mass is 19.1. The van der Waals surface area contributed by atoms with Gasteiger partial charge in [-0.25, -0.2) is 8.78 Å². The maximum Gasteiger partial charge on any atom is 0.131 e. The van der Waals surface area contributed by atoms with Crippen LogP contribution in [-0.2, 0) is 6.42 Å². The number of aryl methyl sites for hydroxylation is 2.